The summed E-state index contributed by atoms with van der Waals surface area (Å²) in [6.07, 6.45) is 2.38. The number of carbonyl (C=O) groups is 1. The molecular formula is C9H15NO2. The molecule has 0 aliphatic heterocycles. The smallest absolute Gasteiger partial charge is 0.310 e. The largest absolute Gasteiger partial charge is 0.466 e. The number of esters is 1. The molecule has 3 heteroatoms. The molecule has 2 rings (SSSR count). The predicted octanol–water partition coefficient (Wildman–Crippen LogP) is 0.533. The summed E-state index contributed by atoms with van der Waals surface area (Å²) in [5, 5.41) is 0. The maximum atomic E-state index is 11.3. The minimum Gasteiger partial charge on any atom is -0.466 e. The van der Waals surface area contributed by atoms with Gasteiger partial charge in [-0.15, -0.1) is 0 Å². The Balaban J connectivity index is 1.92. The minimum atomic E-state index is -0.0778. The lowest BCUT2D eigenvalue weighted by Gasteiger charge is -2.56. The van der Waals surface area contributed by atoms with E-state index < -0.39 is 0 Å². The van der Waals surface area contributed by atoms with Crippen LogP contribution in [-0.4, -0.2) is 18.6 Å². The first-order valence-corrected chi connectivity index (χ1v) is 4.68. The summed E-state index contributed by atoms with van der Waals surface area (Å²) in [5.74, 6) is 1.12. The van der Waals surface area contributed by atoms with Crippen molar-refractivity contribution in [2.24, 2.45) is 23.5 Å². The van der Waals surface area contributed by atoms with Gasteiger partial charge in [-0.1, -0.05) is 0 Å². The Bertz CT molecular complexity index is 199. The Labute approximate surface area is 72.3 Å². The van der Waals surface area contributed by atoms with Crippen LogP contribution in [0.3, 0.4) is 0 Å². The first-order chi connectivity index (χ1) is 5.75. The van der Waals surface area contributed by atoms with Gasteiger partial charge in [-0.3, -0.25) is 4.79 Å². The molecule has 3 nitrogen and oxygen atoms in total. The van der Waals surface area contributed by atoms with Gasteiger partial charge in [-0.25, -0.2) is 0 Å². The van der Waals surface area contributed by atoms with Crippen molar-refractivity contribution >= 4 is 5.97 Å². The van der Waals surface area contributed by atoms with E-state index in [1.807, 2.05) is 6.92 Å². The molecule has 0 aromatic rings. The molecule has 0 bridgehead atoms. The van der Waals surface area contributed by atoms with Gasteiger partial charge in [0, 0.05) is 6.04 Å². The second-order valence-corrected chi connectivity index (χ2v) is 3.76. The highest BCUT2D eigenvalue weighted by Gasteiger charge is 2.57. The maximum absolute atomic E-state index is 11.3. The molecule has 0 heterocycles. The van der Waals surface area contributed by atoms with Crippen molar-refractivity contribution in [3.63, 3.8) is 0 Å². The number of carbonyl (C=O) groups excluding carboxylic acids is 1. The van der Waals surface area contributed by atoms with E-state index in [1.54, 1.807) is 0 Å². The van der Waals surface area contributed by atoms with Crippen LogP contribution in [0.1, 0.15) is 19.8 Å². The molecule has 68 valence electrons. The van der Waals surface area contributed by atoms with Gasteiger partial charge in [0.15, 0.2) is 0 Å². The topological polar surface area (TPSA) is 52.3 Å². The summed E-state index contributed by atoms with van der Waals surface area (Å²) >= 11 is 0. The molecule has 2 aliphatic carbocycles. The van der Waals surface area contributed by atoms with E-state index in [0.717, 1.165) is 0 Å². The van der Waals surface area contributed by atoms with Crippen molar-refractivity contribution in [2.45, 2.75) is 25.8 Å². The molecule has 0 saturated heterocycles. The van der Waals surface area contributed by atoms with Gasteiger partial charge >= 0.3 is 5.97 Å². The van der Waals surface area contributed by atoms with Gasteiger partial charge in [0.25, 0.3) is 0 Å². The van der Waals surface area contributed by atoms with Gasteiger partial charge in [0.2, 0.25) is 0 Å². The van der Waals surface area contributed by atoms with Crippen LogP contribution < -0.4 is 5.73 Å². The first kappa shape index (κ1) is 8.05. The van der Waals surface area contributed by atoms with Gasteiger partial charge in [-0.2, -0.15) is 0 Å². The Morgan fingerprint density at radius 2 is 2.17 bits per heavy atom. The third-order valence-electron chi connectivity index (χ3n) is 3.31. The van der Waals surface area contributed by atoms with Crippen molar-refractivity contribution in [1.82, 2.24) is 0 Å². The minimum absolute atomic E-state index is 0.0173. The number of hydrogen-bond donors (Lipinski definition) is 1. The van der Waals surface area contributed by atoms with Crippen molar-refractivity contribution in [2.75, 3.05) is 6.61 Å². The summed E-state index contributed by atoms with van der Waals surface area (Å²) in [5.41, 5.74) is 5.84. The molecule has 2 aliphatic rings. The number of fused-ring (bicyclic) bond motifs is 1. The van der Waals surface area contributed by atoms with E-state index in [9.17, 15) is 4.79 Å². The van der Waals surface area contributed by atoms with Crippen molar-refractivity contribution in [3.05, 3.63) is 0 Å². The zero-order valence-corrected chi connectivity index (χ0v) is 7.32. The zero-order chi connectivity index (χ0) is 8.72. The maximum Gasteiger partial charge on any atom is 0.310 e. The average molecular weight is 169 g/mol. The van der Waals surface area contributed by atoms with Crippen LogP contribution in [0.15, 0.2) is 0 Å². The molecule has 0 aromatic heterocycles. The van der Waals surface area contributed by atoms with Gasteiger partial charge in [0.1, 0.15) is 0 Å². The second-order valence-electron chi connectivity index (χ2n) is 3.76. The molecule has 4 unspecified atom stereocenters. The molecule has 12 heavy (non-hydrogen) atoms. The number of rotatable bonds is 2. The second kappa shape index (κ2) is 2.73. The van der Waals surface area contributed by atoms with E-state index in [-0.39, 0.29) is 17.9 Å². The van der Waals surface area contributed by atoms with Crippen molar-refractivity contribution < 1.29 is 9.53 Å². The summed E-state index contributed by atoms with van der Waals surface area (Å²) in [4.78, 5) is 11.3. The lowest BCUT2D eigenvalue weighted by molar-refractivity contribution is -0.167. The predicted molar refractivity (Wildman–Crippen MR) is 44.3 cm³/mol. The molecule has 0 aromatic carbocycles. The van der Waals surface area contributed by atoms with Crippen LogP contribution in [0.25, 0.3) is 0 Å². The zero-order valence-electron chi connectivity index (χ0n) is 7.32. The lowest BCUT2D eigenvalue weighted by Crippen LogP contribution is -2.64. The Hall–Kier alpha value is -0.570. The monoisotopic (exact) mass is 169 g/mol. The van der Waals surface area contributed by atoms with Crippen molar-refractivity contribution in [3.8, 4) is 0 Å². The van der Waals surface area contributed by atoms with Crippen LogP contribution in [0.5, 0.6) is 0 Å². The van der Waals surface area contributed by atoms with Gasteiger partial charge in [0.05, 0.1) is 12.5 Å². The highest BCUT2D eigenvalue weighted by atomic mass is 16.5. The third kappa shape index (κ3) is 0.891. The highest BCUT2D eigenvalue weighted by Crippen LogP contribution is 2.53. The Morgan fingerprint density at radius 1 is 1.50 bits per heavy atom. The van der Waals surface area contributed by atoms with E-state index >= 15 is 0 Å². The fourth-order valence-electron chi connectivity index (χ4n) is 2.45. The lowest BCUT2D eigenvalue weighted by atomic mass is 9.50. The number of hydrogen-bond acceptors (Lipinski definition) is 3. The SMILES string of the molecule is CCOC(=O)C1C(N)C2CCC21. The van der Waals surface area contributed by atoms with E-state index in [0.29, 0.717) is 18.4 Å². The number of nitrogens with two attached hydrogens (primary N) is 1. The van der Waals surface area contributed by atoms with Crippen LogP contribution in [0.4, 0.5) is 0 Å². The third-order valence-corrected chi connectivity index (χ3v) is 3.31. The Kier molecular flexibility index (Phi) is 1.83. The summed E-state index contributed by atoms with van der Waals surface area (Å²) in [7, 11) is 0. The normalized spacial score (nSPS) is 43.8. The molecule has 2 N–H and O–H groups in total. The Morgan fingerprint density at radius 3 is 2.58 bits per heavy atom. The van der Waals surface area contributed by atoms with Gasteiger partial charge < -0.3 is 10.5 Å². The fourth-order valence-corrected chi connectivity index (χ4v) is 2.45. The molecule has 0 spiro atoms. The van der Waals surface area contributed by atoms with E-state index in [1.165, 1.54) is 12.8 Å². The molecule has 4 atom stereocenters. The van der Waals surface area contributed by atoms with Crippen LogP contribution in [0.2, 0.25) is 0 Å². The standard InChI is InChI=1S/C9H15NO2/c1-2-12-9(11)7-5-3-4-6(5)8(7)10/h5-8H,2-4,10H2,1H3. The van der Waals surface area contributed by atoms with Crippen LogP contribution in [0, 0.1) is 17.8 Å². The molecule has 2 saturated carbocycles. The quantitative estimate of drug-likeness (QED) is 0.613. The van der Waals surface area contributed by atoms with Crippen LogP contribution in [-0.2, 0) is 9.53 Å². The van der Waals surface area contributed by atoms with Gasteiger partial charge in [-0.05, 0) is 31.6 Å². The highest BCUT2D eigenvalue weighted by molar-refractivity contribution is 5.75. The average Bonchev–Trinajstić information content (AvgIpc) is 1.98. The summed E-state index contributed by atoms with van der Waals surface area (Å²) < 4.78 is 4.95. The number of ether oxygens (including phenoxy) is 1. The first-order valence-electron chi connectivity index (χ1n) is 4.68. The fraction of sp³-hybridized carbons (Fsp3) is 0.889. The van der Waals surface area contributed by atoms with E-state index in [4.69, 9.17) is 10.5 Å². The van der Waals surface area contributed by atoms with Crippen molar-refractivity contribution in [1.29, 1.82) is 0 Å². The summed E-state index contributed by atoms with van der Waals surface area (Å²) in [6.45, 7) is 2.31. The van der Waals surface area contributed by atoms with Crippen LogP contribution >= 0.6 is 0 Å². The molecule has 2 fully saturated rings. The van der Waals surface area contributed by atoms with E-state index in [2.05, 4.69) is 0 Å². The molecule has 0 amide bonds. The summed E-state index contributed by atoms with van der Waals surface area (Å²) in [6, 6.07) is 0.0859. The molecular weight excluding hydrogens is 154 g/mol. The molecule has 0 radical (unpaired) electrons.